The first-order valence-electron chi connectivity index (χ1n) is 8.21. The number of nitrogens with one attached hydrogen (secondary N) is 2. The zero-order chi connectivity index (χ0) is 17.3. The fourth-order valence-electron chi connectivity index (χ4n) is 3.42. The Morgan fingerprint density at radius 1 is 1.33 bits per heavy atom. The second-order valence-electron chi connectivity index (χ2n) is 6.88. The predicted octanol–water partition coefficient (Wildman–Crippen LogP) is 1.78. The van der Waals surface area contributed by atoms with E-state index < -0.39 is 11.8 Å². The maximum absolute atomic E-state index is 12.2. The van der Waals surface area contributed by atoms with Crippen LogP contribution in [0, 0.1) is 5.41 Å². The number of nitrogens with zero attached hydrogens (tertiary/aromatic N) is 1. The van der Waals surface area contributed by atoms with Gasteiger partial charge in [0, 0.05) is 35.9 Å². The number of carbonyl (C=O) groups excluding carboxylic acids is 2. The molecule has 6 nitrogen and oxygen atoms in total. The molecular weight excluding hydrogens is 306 g/mol. The SMILES string of the molecule is Cn1ccc2ccc(NC(=O)C(=O)NC3CCCC3(C)CO)cc21. The highest BCUT2D eigenvalue weighted by molar-refractivity contribution is 6.39. The smallest absolute Gasteiger partial charge is 0.313 e. The second-order valence-corrected chi connectivity index (χ2v) is 6.88. The molecular formula is C18H23N3O3. The molecule has 2 amide bonds. The summed E-state index contributed by atoms with van der Waals surface area (Å²) in [7, 11) is 1.93. The molecule has 1 aliphatic rings. The van der Waals surface area contributed by atoms with Gasteiger partial charge in [-0.05, 0) is 36.4 Å². The van der Waals surface area contributed by atoms with E-state index in [0.717, 1.165) is 30.2 Å². The van der Waals surface area contributed by atoms with Crippen LogP contribution in [0.4, 0.5) is 5.69 Å². The Bertz CT molecular complexity index is 783. The molecule has 2 atom stereocenters. The van der Waals surface area contributed by atoms with Crippen molar-refractivity contribution in [1.29, 1.82) is 0 Å². The Kier molecular flexibility index (Phi) is 4.32. The van der Waals surface area contributed by atoms with Gasteiger partial charge in [-0.2, -0.15) is 0 Å². The number of benzene rings is 1. The van der Waals surface area contributed by atoms with E-state index in [1.165, 1.54) is 0 Å². The highest BCUT2D eigenvalue weighted by atomic mass is 16.3. The molecule has 1 saturated carbocycles. The van der Waals surface area contributed by atoms with Crippen molar-refractivity contribution in [3.05, 3.63) is 30.5 Å². The van der Waals surface area contributed by atoms with Crippen molar-refractivity contribution in [2.45, 2.75) is 32.2 Å². The molecule has 1 aliphatic carbocycles. The molecule has 0 radical (unpaired) electrons. The number of amides is 2. The van der Waals surface area contributed by atoms with Gasteiger partial charge in [-0.25, -0.2) is 0 Å². The standard InChI is InChI=1S/C18H23N3O3/c1-18(11-22)8-3-4-15(18)20-17(24)16(23)19-13-6-5-12-7-9-21(2)14(12)10-13/h5-7,9-10,15,22H,3-4,8,11H2,1-2H3,(H,19,23)(H,20,24). The summed E-state index contributed by atoms with van der Waals surface area (Å²) in [4.78, 5) is 24.3. The Hall–Kier alpha value is -2.34. The molecule has 0 spiro atoms. The molecule has 1 heterocycles. The van der Waals surface area contributed by atoms with Gasteiger partial charge >= 0.3 is 11.8 Å². The highest BCUT2D eigenvalue weighted by Crippen LogP contribution is 2.37. The topological polar surface area (TPSA) is 83.4 Å². The van der Waals surface area contributed by atoms with E-state index in [1.807, 2.05) is 42.9 Å². The van der Waals surface area contributed by atoms with Crippen LogP contribution in [0.3, 0.4) is 0 Å². The zero-order valence-corrected chi connectivity index (χ0v) is 14.0. The minimum Gasteiger partial charge on any atom is -0.396 e. The average Bonchev–Trinajstić information content (AvgIpc) is 3.12. The maximum atomic E-state index is 12.2. The third-order valence-corrected chi connectivity index (χ3v) is 5.10. The molecule has 0 aliphatic heterocycles. The van der Waals surface area contributed by atoms with Gasteiger partial charge in [0.05, 0.1) is 6.61 Å². The van der Waals surface area contributed by atoms with E-state index in [9.17, 15) is 14.7 Å². The molecule has 2 aromatic rings. The van der Waals surface area contributed by atoms with Crippen LogP contribution in [0.5, 0.6) is 0 Å². The van der Waals surface area contributed by atoms with E-state index in [0.29, 0.717) is 5.69 Å². The van der Waals surface area contributed by atoms with Gasteiger partial charge in [0.15, 0.2) is 0 Å². The maximum Gasteiger partial charge on any atom is 0.313 e. The fourth-order valence-corrected chi connectivity index (χ4v) is 3.42. The minimum atomic E-state index is -0.684. The number of rotatable bonds is 3. The van der Waals surface area contributed by atoms with Crippen molar-refractivity contribution in [3.63, 3.8) is 0 Å². The number of hydrogen-bond acceptors (Lipinski definition) is 3. The molecule has 1 aromatic carbocycles. The van der Waals surface area contributed by atoms with Crippen molar-refractivity contribution in [1.82, 2.24) is 9.88 Å². The Morgan fingerprint density at radius 2 is 2.12 bits per heavy atom. The van der Waals surface area contributed by atoms with E-state index >= 15 is 0 Å². The third kappa shape index (κ3) is 3.01. The number of fused-ring (bicyclic) bond motifs is 1. The molecule has 3 rings (SSSR count). The van der Waals surface area contributed by atoms with Crippen LogP contribution in [0.2, 0.25) is 0 Å². The largest absolute Gasteiger partial charge is 0.396 e. The lowest BCUT2D eigenvalue weighted by atomic mass is 9.86. The first-order chi connectivity index (χ1) is 11.4. The summed E-state index contributed by atoms with van der Waals surface area (Å²) in [5.74, 6) is -1.34. The number of aliphatic hydroxyl groups is 1. The lowest BCUT2D eigenvalue weighted by Gasteiger charge is -2.29. The molecule has 3 N–H and O–H groups in total. The number of hydrogen-bond donors (Lipinski definition) is 3. The number of aryl methyl sites for hydroxylation is 1. The van der Waals surface area contributed by atoms with Crippen LogP contribution in [-0.4, -0.2) is 34.1 Å². The van der Waals surface area contributed by atoms with Crippen LogP contribution in [-0.2, 0) is 16.6 Å². The second kappa shape index (κ2) is 6.28. The van der Waals surface area contributed by atoms with Crippen LogP contribution in [0.15, 0.2) is 30.5 Å². The van der Waals surface area contributed by atoms with Crippen LogP contribution < -0.4 is 10.6 Å². The number of carbonyl (C=O) groups is 2. The Labute approximate surface area is 140 Å². The zero-order valence-electron chi connectivity index (χ0n) is 14.0. The van der Waals surface area contributed by atoms with Crippen molar-refractivity contribution in [2.24, 2.45) is 12.5 Å². The molecule has 2 unspecified atom stereocenters. The lowest BCUT2D eigenvalue weighted by Crippen LogP contribution is -2.48. The van der Waals surface area contributed by atoms with Crippen LogP contribution >= 0.6 is 0 Å². The number of aliphatic hydroxyl groups excluding tert-OH is 1. The predicted molar refractivity (Wildman–Crippen MR) is 92.5 cm³/mol. The summed E-state index contributed by atoms with van der Waals surface area (Å²) in [6.07, 6.45) is 4.51. The van der Waals surface area contributed by atoms with Gasteiger partial charge in [-0.3, -0.25) is 9.59 Å². The van der Waals surface area contributed by atoms with Gasteiger partial charge in [0.25, 0.3) is 0 Å². The summed E-state index contributed by atoms with van der Waals surface area (Å²) in [5, 5.41) is 16.0. The van der Waals surface area contributed by atoms with Gasteiger partial charge in [-0.1, -0.05) is 19.4 Å². The summed E-state index contributed by atoms with van der Waals surface area (Å²) in [6.45, 7) is 1.94. The van der Waals surface area contributed by atoms with Crippen molar-refractivity contribution < 1.29 is 14.7 Å². The van der Waals surface area contributed by atoms with Crippen molar-refractivity contribution >= 4 is 28.4 Å². The number of aromatic nitrogens is 1. The Morgan fingerprint density at radius 3 is 2.88 bits per heavy atom. The molecule has 0 saturated heterocycles. The molecule has 128 valence electrons. The third-order valence-electron chi connectivity index (χ3n) is 5.10. The minimum absolute atomic E-state index is 0.00369. The van der Waals surface area contributed by atoms with Crippen molar-refractivity contribution in [3.8, 4) is 0 Å². The fraction of sp³-hybridized carbons (Fsp3) is 0.444. The lowest BCUT2D eigenvalue weighted by molar-refractivity contribution is -0.137. The van der Waals surface area contributed by atoms with E-state index in [4.69, 9.17) is 0 Å². The van der Waals surface area contributed by atoms with E-state index in [-0.39, 0.29) is 18.1 Å². The molecule has 1 aromatic heterocycles. The Balaban J connectivity index is 1.67. The molecule has 0 bridgehead atoms. The molecule has 24 heavy (non-hydrogen) atoms. The van der Waals surface area contributed by atoms with Gasteiger partial charge in [0.2, 0.25) is 0 Å². The number of anilines is 1. The van der Waals surface area contributed by atoms with Crippen LogP contribution in [0.1, 0.15) is 26.2 Å². The van der Waals surface area contributed by atoms with Gasteiger partial charge in [0.1, 0.15) is 0 Å². The summed E-state index contributed by atoms with van der Waals surface area (Å²) in [5.41, 5.74) is 1.22. The van der Waals surface area contributed by atoms with Crippen molar-refractivity contribution in [2.75, 3.05) is 11.9 Å². The molecule has 1 fully saturated rings. The van der Waals surface area contributed by atoms with Gasteiger partial charge < -0.3 is 20.3 Å². The first-order valence-corrected chi connectivity index (χ1v) is 8.21. The highest BCUT2D eigenvalue weighted by Gasteiger charge is 2.39. The summed E-state index contributed by atoms with van der Waals surface area (Å²) >= 11 is 0. The van der Waals surface area contributed by atoms with E-state index in [2.05, 4.69) is 10.6 Å². The molecule has 6 heteroatoms. The monoisotopic (exact) mass is 329 g/mol. The summed E-state index contributed by atoms with van der Waals surface area (Å²) < 4.78 is 1.95. The van der Waals surface area contributed by atoms with Crippen LogP contribution in [0.25, 0.3) is 10.9 Å². The average molecular weight is 329 g/mol. The van der Waals surface area contributed by atoms with Gasteiger partial charge in [-0.15, -0.1) is 0 Å². The quantitative estimate of drug-likeness (QED) is 0.751. The summed E-state index contributed by atoms with van der Waals surface area (Å²) in [6, 6.07) is 7.34. The first kappa shape index (κ1) is 16.5. The van der Waals surface area contributed by atoms with E-state index in [1.54, 1.807) is 6.07 Å². The normalized spacial score (nSPS) is 23.4.